The molecule has 0 aromatic heterocycles. The molecule has 0 saturated heterocycles. The molecule has 0 radical (unpaired) electrons. The van der Waals surface area contributed by atoms with Gasteiger partial charge in [-0.1, -0.05) is 12.5 Å². The fourth-order valence-electron chi connectivity index (χ4n) is 3.32. The normalized spacial score (nSPS) is 16.7. The Kier molecular flexibility index (Phi) is 6.56. The lowest BCUT2D eigenvalue weighted by molar-refractivity contribution is 0.102. The van der Waals surface area contributed by atoms with Crippen LogP contribution in [0.15, 0.2) is 58.4 Å². The molecule has 1 fully saturated rings. The van der Waals surface area contributed by atoms with Gasteiger partial charge in [0.1, 0.15) is 11.6 Å². The van der Waals surface area contributed by atoms with Gasteiger partial charge in [-0.05, 0) is 74.1 Å². The standard InChI is InChI=1S/C23H27N3O4S/c27-23(18-10-12-20(13-11-18)30-16-17-8-9-17)25-19-5-4-6-21(15-19)31(28,29)26-22-7-2-1-3-14-24-22/h4-6,10-13,15,17H,1-3,7-9,14,16H2,(H,24,26)(H,25,27). The van der Waals surface area contributed by atoms with E-state index in [9.17, 15) is 13.2 Å². The molecule has 2 aromatic rings. The van der Waals surface area contributed by atoms with Crippen LogP contribution in [0, 0.1) is 5.92 Å². The van der Waals surface area contributed by atoms with Crippen LogP contribution in [0.3, 0.4) is 0 Å². The quantitative estimate of drug-likeness (QED) is 0.679. The van der Waals surface area contributed by atoms with Crippen LogP contribution in [0.5, 0.6) is 5.75 Å². The summed E-state index contributed by atoms with van der Waals surface area (Å²) in [5, 5.41) is 2.76. The van der Waals surface area contributed by atoms with Crippen molar-refractivity contribution in [1.82, 2.24) is 4.72 Å². The Bertz CT molecular complexity index is 1060. The van der Waals surface area contributed by atoms with Crippen LogP contribution in [0.1, 0.15) is 48.9 Å². The molecule has 1 aliphatic carbocycles. The average molecular weight is 442 g/mol. The number of rotatable bonds is 7. The Morgan fingerprint density at radius 2 is 1.87 bits per heavy atom. The summed E-state index contributed by atoms with van der Waals surface area (Å²) in [6, 6.07) is 13.2. The van der Waals surface area contributed by atoms with E-state index in [4.69, 9.17) is 4.74 Å². The Balaban J connectivity index is 1.40. The molecule has 2 N–H and O–H groups in total. The van der Waals surface area contributed by atoms with Gasteiger partial charge in [-0.3, -0.25) is 14.5 Å². The minimum absolute atomic E-state index is 0.0843. The maximum atomic E-state index is 12.8. The lowest BCUT2D eigenvalue weighted by Crippen LogP contribution is -2.30. The highest BCUT2D eigenvalue weighted by Gasteiger charge is 2.22. The van der Waals surface area contributed by atoms with Crippen molar-refractivity contribution >= 4 is 27.5 Å². The number of hydrogen-bond acceptors (Lipinski definition) is 5. The van der Waals surface area contributed by atoms with Crippen molar-refractivity contribution < 1.29 is 17.9 Å². The number of sulfonamides is 1. The third-order valence-corrected chi connectivity index (χ3v) is 6.71. The van der Waals surface area contributed by atoms with Crippen LogP contribution in [0.4, 0.5) is 5.69 Å². The molecule has 8 heteroatoms. The SMILES string of the molecule is O=C(Nc1cccc(S(=O)(=O)NC2=NCCCCC2)c1)c1ccc(OCC2CC2)cc1. The molecule has 2 aliphatic rings. The second-order valence-corrected chi connectivity index (χ2v) is 9.69. The number of nitrogens with one attached hydrogen (secondary N) is 2. The molecule has 1 amide bonds. The lowest BCUT2D eigenvalue weighted by Gasteiger charge is -2.11. The molecule has 1 aliphatic heterocycles. The smallest absolute Gasteiger partial charge is 0.262 e. The highest BCUT2D eigenvalue weighted by atomic mass is 32.2. The maximum absolute atomic E-state index is 12.8. The molecule has 0 bridgehead atoms. The molecule has 1 saturated carbocycles. The van der Waals surface area contributed by atoms with Gasteiger partial charge in [0, 0.05) is 24.2 Å². The molecule has 7 nitrogen and oxygen atoms in total. The Hall–Kier alpha value is -2.87. The predicted molar refractivity (Wildman–Crippen MR) is 120 cm³/mol. The zero-order valence-electron chi connectivity index (χ0n) is 17.3. The topological polar surface area (TPSA) is 96.9 Å². The van der Waals surface area contributed by atoms with Crippen molar-refractivity contribution in [3.8, 4) is 5.75 Å². The summed E-state index contributed by atoms with van der Waals surface area (Å²) in [4.78, 5) is 17.0. The number of ether oxygens (including phenoxy) is 1. The highest BCUT2D eigenvalue weighted by Crippen LogP contribution is 2.29. The lowest BCUT2D eigenvalue weighted by atomic mass is 10.2. The van der Waals surface area contributed by atoms with Crippen molar-refractivity contribution in [2.24, 2.45) is 10.9 Å². The highest BCUT2D eigenvalue weighted by molar-refractivity contribution is 7.90. The van der Waals surface area contributed by atoms with E-state index in [0.717, 1.165) is 25.0 Å². The molecular formula is C23H27N3O4S. The molecule has 0 atom stereocenters. The molecule has 0 unspecified atom stereocenters. The number of hydrogen-bond donors (Lipinski definition) is 2. The van der Waals surface area contributed by atoms with E-state index >= 15 is 0 Å². The first-order valence-corrected chi connectivity index (χ1v) is 12.2. The van der Waals surface area contributed by atoms with Crippen molar-refractivity contribution in [1.29, 1.82) is 0 Å². The molecule has 1 heterocycles. The second kappa shape index (κ2) is 9.51. The van der Waals surface area contributed by atoms with Crippen molar-refractivity contribution in [3.05, 3.63) is 54.1 Å². The van der Waals surface area contributed by atoms with E-state index in [2.05, 4.69) is 15.0 Å². The fourth-order valence-corrected chi connectivity index (χ4v) is 4.45. The number of carbonyl (C=O) groups excluding carboxylic acids is 1. The zero-order chi connectivity index (χ0) is 21.7. The van der Waals surface area contributed by atoms with Crippen LogP contribution in [0.25, 0.3) is 0 Å². The minimum atomic E-state index is -3.76. The number of amides is 1. The van der Waals surface area contributed by atoms with Gasteiger partial charge in [0.05, 0.1) is 11.5 Å². The summed E-state index contributed by atoms with van der Waals surface area (Å²) in [7, 11) is -3.76. The Morgan fingerprint density at radius 3 is 2.65 bits per heavy atom. The third-order valence-electron chi connectivity index (χ3n) is 5.33. The Labute approximate surface area is 183 Å². The summed E-state index contributed by atoms with van der Waals surface area (Å²) in [5.41, 5.74) is 0.878. The van der Waals surface area contributed by atoms with E-state index in [0.29, 0.717) is 42.6 Å². The number of aliphatic imine (C=N–C) groups is 1. The molecular weight excluding hydrogens is 414 g/mol. The van der Waals surface area contributed by atoms with Crippen LogP contribution in [0.2, 0.25) is 0 Å². The first kappa shape index (κ1) is 21.4. The number of carbonyl (C=O) groups is 1. The average Bonchev–Trinajstić information content (AvgIpc) is 3.61. The van der Waals surface area contributed by atoms with Gasteiger partial charge in [0.2, 0.25) is 0 Å². The van der Waals surface area contributed by atoms with E-state index in [-0.39, 0.29) is 10.8 Å². The van der Waals surface area contributed by atoms with Gasteiger partial charge >= 0.3 is 0 Å². The summed E-state index contributed by atoms with van der Waals surface area (Å²) in [5.74, 6) is 1.58. The number of nitrogens with zero attached hydrogens (tertiary/aromatic N) is 1. The van der Waals surface area contributed by atoms with Gasteiger partial charge in [-0.25, -0.2) is 8.42 Å². The molecule has 4 rings (SSSR count). The van der Waals surface area contributed by atoms with Crippen LogP contribution >= 0.6 is 0 Å². The molecule has 31 heavy (non-hydrogen) atoms. The monoisotopic (exact) mass is 441 g/mol. The fraction of sp³-hybridized carbons (Fsp3) is 0.391. The van der Waals surface area contributed by atoms with Crippen LogP contribution < -0.4 is 14.8 Å². The number of benzene rings is 2. The van der Waals surface area contributed by atoms with E-state index in [1.54, 1.807) is 36.4 Å². The first-order valence-electron chi connectivity index (χ1n) is 10.7. The summed E-state index contributed by atoms with van der Waals surface area (Å²) < 4.78 is 33.8. The molecule has 0 spiro atoms. The summed E-state index contributed by atoms with van der Waals surface area (Å²) in [6.07, 6.45) is 6.00. The van der Waals surface area contributed by atoms with Gasteiger partial charge in [0.25, 0.3) is 15.9 Å². The molecule has 2 aromatic carbocycles. The van der Waals surface area contributed by atoms with Crippen molar-refractivity contribution in [3.63, 3.8) is 0 Å². The molecule has 164 valence electrons. The minimum Gasteiger partial charge on any atom is -0.493 e. The Morgan fingerprint density at radius 1 is 1.06 bits per heavy atom. The summed E-state index contributed by atoms with van der Waals surface area (Å²) >= 11 is 0. The zero-order valence-corrected chi connectivity index (χ0v) is 18.2. The first-order chi connectivity index (χ1) is 15.0. The number of amidine groups is 1. The van der Waals surface area contributed by atoms with Gasteiger partial charge in [-0.2, -0.15) is 0 Å². The van der Waals surface area contributed by atoms with Gasteiger partial charge in [0.15, 0.2) is 0 Å². The van der Waals surface area contributed by atoms with Crippen LogP contribution in [-0.4, -0.2) is 33.3 Å². The summed E-state index contributed by atoms with van der Waals surface area (Å²) in [6.45, 7) is 1.35. The third kappa shape index (κ3) is 6.07. The number of anilines is 1. The second-order valence-electron chi connectivity index (χ2n) is 8.01. The van der Waals surface area contributed by atoms with Gasteiger partial charge < -0.3 is 10.1 Å². The largest absolute Gasteiger partial charge is 0.493 e. The van der Waals surface area contributed by atoms with Crippen molar-refractivity contribution in [2.45, 2.75) is 43.4 Å². The van der Waals surface area contributed by atoms with Gasteiger partial charge in [-0.15, -0.1) is 0 Å². The van der Waals surface area contributed by atoms with Crippen molar-refractivity contribution in [2.75, 3.05) is 18.5 Å². The van der Waals surface area contributed by atoms with E-state index in [1.807, 2.05) is 0 Å². The van der Waals surface area contributed by atoms with E-state index in [1.165, 1.54) is 25.0 Å². The van der Waals surface area contributed by atoms with E-state index < -0.39 is 10.0 Å². The van der Waals surface area contributed by atoms with Crippen LogP contribution in [-0.2, 0) is 10.0 Å². The predicted octanol–water partition coefficient (Wildman–Crippen LogP) is 3.98. The maximum Gasteiger partial charge on any atom is 0.262 e.